The van der Waals surface area contributed by atoms with Gasteiger partial charge < -0.3 is 10.8 Å². The third-order valence-corrected chi connectivity index (χ3v) is 3.16. The number of carbonyl (C=O) groups is 2. The molecule has 0 aromatic heterocycles. The Kier molecular flexibility index (Phi) is 12.4. The molecule has 1 amide bonds. The minimum absolute atomic E-state index is 0.127. The monoisotopic (exact) mass is 299 g/mol. The van der Waals surface area contributed by atoms with Crippen LogP contribution in [0.2, 0.25) is 0 Å². The Labute approximate surface area is 127 Å². The molecule has 0 aromatic rings. The van der Waals surface area contributed by atoms with Crippen LogP contribution in [-0.2, 0) is 9.59 Å². The van der Waals surface area contributed by atoms with E-state index >= 15 is 0 Å². The van der Waals surface area contributed by atoms with E-state index in [9.17, 15) is 9.59 Å². The van der Waals surface area contributed by atoms with E-state index in [0.29, 0.717) is 6.42 Å². The number of carboxylic acids is 1. The number of unbranched alkanes of at least 4 members (excludes halogenated alkanes) is 8. The summed E-state index contributed by atoms with van der Waals surface area (Å²) in [7, 11) is 0. The van der Waals surface area contributed by atoms with E-state index in [0.717, 1.165) is 19.3 Å². The van der Waals surface area contributed by atoms with Gasteiger partial charge in [-0.25, -0.2) is 4.99 Å². The molecule has 0 spiro atoms. The van der Waals surface area contributed by atoms with Crippen molar-refractivity contribution >= 4 is 17.8 Å². The van der Waals surface area contributed by atoms with Gasteiger partial charge in [-0.1, -0.05) is 58.3 Å². The zero-order chi connectivity index (χ0) is 15.9. The van der Waals surface area contributed by atoms with Gasteiger partial charge in [0.2, 0.25) is 5.91 Å². The lowest BCUT2D eigenvalue weighted by Crippen LogP contribution is -2.37. The third-order valence-electron chi connectivity index (χ3n) is 3.16. The van der Waals surface area contributed by atoms with E-state index in [1.165, 1.54) is 38.5 Å². The number of hydrogen-bond acceptors (Lipinski definition) is 3. The average Bonchev–Trinajstić information content (AvgIpc) is 2.43. The number of carboxylic acid groups (broad SMARTS) is 1. The molecule has 0 bridgehead atoms. The Hall–Kier alpha value is -1.59. The summed E-state index contributed by atoms with van der Waals surface area (Å²) in [4.78, 5) is 25.3. The number of amides is 1. The van der Waals surface area contributed by atoms with Gasteiger partial charge in [-0.3, -0.25) is 14.9 Å². The first kappa shape index (κ1) is 19.4. The fourth-order valence-electron chi connectivity index (χ4n) is 1.99. The summed E-state index contributed by atoms with van der Waals surface area (Å²) < 4.78 is 0. The van der Waals surface area contributed by atoms with E-state index in [-0.39, 0.29) is 11.9 Å². The van der Waals surface area contributed by atoms with Crippen LogP contribution in [0.3, 0.4) is 0 Å². The number of guanidine groups is 1. The second-order valence-corrected chi connectivity index (χ2v) is 5.22. The van der Waals surface area contributed by atoms with Crippen molar-refractivity contribution in [2.45, 2.75) is 71.1 Å². The first-order valence-electron chi connectivity index (χ1n) is 7.87. The van der Waals surface area contributed by atoms with Gasteiger partial charge in [0.05, 0.1) is 0 Å². The van der Waals surface area contributed by atoms with E-state index in [2.05, 4.69) is 17.2 Å². The Morgan fingerprint density at radius 3 is 2.05 bits per heavy atom. The number of hydrogen-bond donors (Lipinski definition) is 3. The zero-order valence-corrected chi connectivity index (χ0v) is 13.1. The molecular weight excluding hydrogens is 270 g/mol. The average molecular weight is 299 g/mol. The van der Waals surface area contributed by atoms with Gasteiger partial charge in [-0.2, -0.15) is 0 Å². The largest absolute Gasteiger partial charge is 0.480 e. The van der Waals surface area contributed by atoms with Gasteiger partial charge in [0, 0.05) is 6.42 Å². The molecule has 0 atom stereocenters. The van der Waals surface area contributed by atoms with Crippen LogP contribution in [0, 0.1) is 0 Å². The van der Waals surface area contributed by atoms with Crippen molar-refractivity contribution in [3.05, 3.63) is 0 Å². The molecule has 6 nitrogen and oxygen atoms in total. The Morgan fingerprint density at radius 1 is 1.00 bits per heavy atom. The van der Waals surface area contributed by atoms with Crippen LogP contribution in [0.4, 0.5) is 0 Å². The minimum atomic E-state index is -1.08. The fraction of sp³-hybridized carbons (Fsp3) is 0.800. The molecule has 0 rings (SSSR count). The van der Waals surface area contributed by atoms with Crippen LogP contribution in [0.25, 0.3) is 0 Å². The van der Waals surface area contributed by atoms with Crippen molar-refractivity contribution in [3.63, 3.8) is 0 Å². The maximum atomic E-state index is 11.5. The van der Waals surface area contributed by atoms with Gasteiger partial charge in [-0.15, -0.1) is 0 Å². The number of aliphatic imine (C=N–C) groups is 1. The molecule has 0 radical (unpaired) electrons. The van der Waals surface area contributed by atoms with Crippen molar-refractivity contribution in [3.8, 4) is 0 Å². The van der Waals surface area contributed by atoms with Crippen LogP contribution in [-0.4, -0.2) is 29.5 Å². The van der Waals surface area contributed by atoms with Crippen LogP contribution >= 0.6 is 0 Å². The van der Waals surface area contributed by atoms with Crippen molar-refractivity contribution in [2.24, 2.45) is 10.7 Å². The molecule has 4 N–H and O–H groups in total. The molecule has 6 heteroatoms. The predicted molar refractivity (Wildman–Crippen MR) is 84.1 cm³/mol. The Balaban J connectivity index is 3.45. The summed E-state index contributed by atoms with van der Waals surface area (Å²) >= 11 is 0. The molecule has 0 heterocycles. The van der Waals surface area contributed by atoms with E-state index in [1.54, 1.807) is 0 Å². The molecule has 0 aliphatic heterocycles. The summed E-state index contributed by atoms with van der Waals surface area (Å²) in [6, 6.07) is 0. The Morgan fingerprint density at radius 2 is 1.52 bits per heavy atom. The van der Waals surface area contributed by atoms with E-state index in [1.807, 2.05) is 0 Å². The van der Waals surface area contributed by atoms with E-state index < -0.39 is 12.5 Å². The zero-order valence-electron chi connectivity index (χ0n) is 13.1. The lowest BCUT2D eigenvalue weighted by Gasteiger charge is -2.04. The highest BCUT2D eigenvalue weighted by Gasteiger charge is 2.03. The number of nitrogens with two attached hydrogens (primary N) is 1. The Bertz CT molecular complexity index is 330. The summed E-state index contributed by atoms with van der Waals surface area (Å²) in [6.45, 7) is 1.79. The topological polar surface area (TPSA) is 105 Å². The number of nitrogens with zero attached hydrogens (tertiary/aromatic N) is 1. The molecule has 0 aliphatic rings. The highest BCUT2D eigenvalue weighted by Crippen LogP contribution is 2.10. The third kappa shape index (κ3) is 14.6. The molecule has 0 fully saturated rings. The van der Waals surface area contributed by atoms with Crippen LogP contribution in [0.15, 0.2) is 4.99 Å². The first-order chi connectivity index (χ1) is 10.1. The van der Waals surface area contributed by atoms with Crippen molar-refractivity contribution in [1.29, 1.82) is 0 Å². The van der Waals surface area contributed by atoms with Crippen LogP contribution < -0.4 is 11.1 Å². The van der Waals surface area contributed by atoms with Gasteiger partial charge in [0.1, 0.15) is 6.54 Å². The summed E-state index contributed by atoms with van der Waals surface area (Å²) in [6.07, 6.45) is 11.2. The van der Waals surface area contributed by atoms with Gasteiger partial charge in [0.15, 0.2) is 5.96 Å². The quantitative estimate of drug-likeness (QED) is 0.292. The van der Waals surface area contributed by atoms with Gasteiger partial charge >= 0.3 is 5.97 Å². The smallest absolute Gasteiger partial charge is 0.325 e. The van der Waals surface area contributed by atoms with E-state index in [4.69, 9.17) is 10.8 Å². The SMILES string of the molecule is CCCCCCCCCCCC(=O)NC(N)=NCC(=O)O. The highest BCUT2D eigenvalue weighted by atomic mass is 16.4. The maximum absolute atomic E-state index is 11.5. The molecule has 122 valence electrons. The van der Waals surface area contributed by atoms with Crippen molar-refractivity contribution in [1.82, 2.24) is 5.32 Å². The van der Waals surface area contributed by atoms with Crippen molar-refractivity contribution in [2.75, 3.05) is 6.54 Å². The molecule has 21 heavy (non-hydrogen) atoms. The minimum Gasteiger partial charge on any atom is -0.480 e. The molecule has 0 aromatic carbocycles. The molecule has 0 saturated heterocycles. The highest BCUT2D eigenvalue weighted by molar-refractivity contribution is 5.96. The second kappa shape index (κ2) is 13.4. The number of carbonyl (C=O) groups excluding carboxylic acids is 1. The normalized spacial score (nSPS) is 11.4. The lowest BCUT2D eigenvalue weighted by molar-refractivity contribution is -0.135. The van der Waals surface area contributed by atoms with Crippen molar-refractivity contribution < 1.29 is 14.7 Å². The number of nitrogens with one attached hydrogen (secondary N) is 1. The standard InChI is InChI=1S/C15H29N3O3/c1-2-3-4-5-6-7-8-9-10-11-13(19)18-15(16)17-12-14(20)21/h2-12H2,1H3,(H,20,21)(H3,16,17,18,19). The first-order valence-corrected chi connectivity index (χ1v) is 7.87. The van der Waals surface area contributed by atoms with Gasteiger partial charge in [-0.05, 0) is 6.42 Å². The molecular formula is C15H29N3O3. The fourth-order valence-corrected chi connectivity index (χ4v) is 1.99. The predicted octanol–water partition coefficient (Wildman–Crippen LogP) is 2.42. The van der Waals surface area contributed by atoms with Crippen LogP contribution in [0.5, 0.6) is 0 Å². The summed E-state index contributed by atoms with van der Waals surface area (Å²) in [5.74, 6) is -1.41. The maximum Gasteiger partial charge on any atom is 0.325 e. The lowest BCUT2D eigenvalue weighted by atomic mass is 10.1. The molecule has 0 unspecified atom stereocenters. The molecule has 0 saturated carbocycles. The van der Waals surface area contributed by atoms with Crippen LogP contribution in [0.1, 0.15) is 71.1 Å². The molecule has 0 aliphatic carbocycles. The summed E-state index contributed by atoms with van der Waals surface area (Å²) in [5, 5.41) is 10.8. The number of rotatable bonds is 12. The van der Waals surface area contributed by atoms with Gasteiger partial charge in [0.25, 0.3) is 0 Å². The number of aliphatic carboxylic acids is 1. The second-order valence-electron chi connectivity index (χ2n) is 5.22. The summed E-state index contributed by atoms with van der Waals surface area (Å²) in [5.41, 5.74) is 5.39.